The monoisotopic (exact) mass is 215 g/mol. The fourth-order valence-corrected chi connectivity index (χ4v) is 1.14. The van der Waals surface area contributed by atoms with E-state index in [4.69, 9.17) is 10.8 Å². The zero-order valence-corrected chi connectivity index (χ0v) is 8.10. The molecule has 4 N–H and O–H groups in total. The zero-order chi connectivity index (χ0) is 11.4. The Labute approximate surface area is 85.2 Å². The fourth-order valence-electron chi connectivity index (χ4n) is 1.14. The molecule has 0 spiro atoms. The zero-order valence-electron chi connectivity index (χ0n) is 8.10. The predicted molar refractivity (Wildman–Crippen MR) is 53.0 cm³/mol. The van der Waals surface area contributed by atoms with Gasteiger partial charge < -0.3 is 16.3 Å². The molecule has 0 radical (unpaired) electrons. The maximum Gasteiger partial charge on any atom is 0.340 e. The lowest BCUT2D eigenvalue weighted by Gasteiger charge is -2.11. The van der Waals surface area contributed by atoms with Gasteiger partial charge in [-0.15, -0.1) is 0 Å². The number of nitrogens with one attached hydrogen (secondary N) is 1. The maximum absolute atomic E-state index is 10.7. The van der Waals surface area contributed by atoms with Gasteiger partial charge in [0.2, 0.25) is 0 Å². The van der Waals surface area contributed by atoms with E-state index < -0.39 is 23.1 Å². The number of nitrogens with two attached hydrogens (primary N) is 1. The lowest BCUT2D eigenvalue weighted by Crippen LogP contribution is -2.35. The number of hydrogen-bond acceptors (Lipinski definition) is 5. The van der Waals surface area contributed by atoms with Gasteiger partial charge in [-0.05, 0) is 25.8 Å². The van der Waals surface area contributed by atoms with Crippen LogP contribution in [0.15, 0.2) is 9.59 Å². The van der Waals surface area contributed by atoms with Crippen molar-refractivity contribution in [1.29, 1.82) is 0 Å². The van der Waals surface area contributed by atoms with Crippen molar-refractivity contribution in [2.24, 2.45) is 5.73 Å². The first-order valence-corrected chi connectivity index (χ1v) is 4.65. The Morgan fingerprint density at radius 3 is 2.40 bits per heavy atom. The summed E-state index contributed by atoms with van der Waals surface area (Å²) in [5, 5.41) is 8.78. The number of hydrogen-bond donors (Lipinski definition) is 3. The summed E-state index contributed by atoms with van der Waals surface area (Å²) < 4.78 is 0.710. The molecular weight excluding hydrogens is 202 g/mol. The predicted octanol–water partition coefficient (Wildman–Crippen LogP) is -1.79. The van der Waals surface area contributed by atoms with Gasteiger partial charge in [-0.3, -0.25) is 9.59 Å². The first-order chi connectivity index (χ1) is 7.07. The largest absolute Gasteiger partial charge is 0.480 e. The molecule has 0 saturated carbocycles. The molecule has 15 heavy (non-hydrogen) atoms. The Balaban J connectivity index is 2.45. The van der Waals surface area contributed by atoms with E-state index in [0.29, 0.717) is 30.5 Å². The van der Waals surface area contributed by atoms with E-state index in [0.717, 1.165) is 0 Å². The van der Waals surface area contributed by atoms with Gasteiger partial charge in [0, 0.05) is 0 Å². The first-order valence-electron chi connectivity index (χ1n) is 4.65. The third-order valence-electron chi connectivity index (χ3n) is 2.07. The molecule has 0 aromatic carbocycles. The van der Waals surface area contributed by atoms with Crippen LogP contribution in [0.4, 0.5) is 0 Å². The van der Waals surface area contributed by atoms with Gasteiger partial charge in [0.1, 0.15) is 6.04 Å². The Morgan fingerprint density at radius 1 is 1.40 bits per heavy atom. The second-order valence-corrected chi connectivity index (χ2v) is 3.25. The minimum absolute atomic E-state index is 0.337. The van der Waals surface area contributed by atoms with E-state index in [2.05, 4.69) is 5.43 Å². The van der Waals surface area contributed by atoms with Crippen LogP contribution in [0, 0.1) is 0 Å². The van der Waals surface area contributed by atoms with Crippen molar-refractivity contribution in [1.82, 2.24) is 4.68 Å². The summed E-state index contributed by atoms with van der Waals surface area (Å²) in [5.41, 5.74) is 6.22. The van der Waals surface area contributed by atoms with Gasteiger partial charge in [-0.25, -0.2) is 4.79 Å². The Hall–Kier alpha value is -1.63. The van der Waals surface area contributed by atoms with Crippen LogP contribution in [0.1, 0.15) is 19.3 Å². The quantitative estimate of drug-likeness (QED) is 0.365. The summed E-state index contributed by atoms with van der Waals surface area (Å²) in [4.78, 5) is 31.9. The number of carbonyl (C=O) groups is 1. The number of nitrogens with zero attached hydrogens (tertiary/aromatic N) is 1. The van der Waals surface area contributed by atoms with Gasteiger partial charge in [-0.1, -0.05) is 0 Å². The molecule has 0 saturated heterocycles. The molecule has 0 bridgehead atoms. The molecule has 1 atom stereocenters. The maximum atomic E-state index is 10.7. The fraction of sp³-hybridized carbons (Fsp3) is 0.625. The number of aliphatic carboxylic acids is 1. The lowest BCUT2D eigenvalue weighted by atomic mass is 10.1. The highest BCUT2D eigenvalue weighted by molar-refractivity contribution is 5.74. The second-order valence-electron chi connectivity index (χ2n) is 3.25. The molecular formula is C8H13N3O4. The molecule has 7 nitrogen and oxygen atoms in total. The van der Waals surface area contributed by atoms with Gasteiger partial charge in [0.15, 0.2) is 0 Å². The van der Waals surface area contributed by atoms with Crippen molar-refractivity contribution in [2.75, 3.05) is 12.0 Å². The second kappa shape index (κ2) is 4.74. The molecule has 0 aliphatic carbocycles. The molecule has 84 valence electrons. The normalized spacial score (nSPS) is 12.9. The van der Waals surface area contributed by atoms with Crippen molar-refractivity contribution in [3.8, 4) is 0 Å². The molecule has 7 heteroatoms. The first kappa shape index (κ1) is 11.4. The summed E-state index contributed by atoms with van der Waals surface area (Å²) in [6, 6.07) is -0.910. The molecule has 0 fully saturated rings. The van der Waals surface area contributed by atoms with E-state index in [1.54, 1.807) is 0 Å². The molecule has 1 aromatic rings. The average molecular weight is 215 g/mol. The number of unbranched alkanes of at least 4 members (excludes halogenated alkanes) is 1. The summed E-state index contributed by atoms with van der Waals surface area (Å²) >= 11 is 0. The summed E-state index contributed by atoms with van der Waals surface area (Å²) in [6.07, 6.45) is 1.69. The molecule has 0 amide bonds. The van der Waals surface area contributed by atoms with Gasteiger partial charge in [0.05, 0.1) is 0 Å². The van der Waals surface area contributed by atoms with Crippen LogP contribution >= 0.6 is 0 Å². The van der Waals surface area contributed by atoms with Crippen LogP contribution in [0.25, 0.3) is 0 Å². The highest BCUT2D eigenvalue weighted by Gasteiger charge is 2.23. The van der Waals surface area contributed by atoms with Gasteiger partial charge >= 0.3 is 17.1 Å². The smallest absolute Gasteiger partial charge is 0.340 e. The van der Waals surface area contributed by atoms with E-state index in [9.17, 15) is 14.4 Å². The average Bonchev–Trinajstić information content (AvgIpc) is 2.74. The number of aromatic nitrogens is 1. The molecule has 0 aliphatic heterocycles. The van der Waals surface area contributed by atoms with Crippen molar-refractivity contribution in [2.45, 2.75) is 25.3 Å². The molecule has 1 heterocycles. The van der Waals surface area contributed by atoms with E-state index in [-0.39, 0.29) is 0 Å². The summed E-state index contributed by atoms with van der Waals surface area (Å²) in [6.45, 7) is 0.494. The minimum Gasteiger partial charge on any atom is -0.480 e. The lowest BCUT2D eigenvalue weighted by molar-refractivity contribution is -0.138. The van der Waals surface area contributed by atoms with Gasteiger partial charge in [0.25, 0.3) is 0 Å². The van der Waals surface area contributed by atoms with Crippen molar-refractivity contribution in [3.05, 3.63) is 20.7 Å². The molecule has 1 aromatic heterocycles. The van der Waals surface area contributed by atoms with Crippen LogP contribution in [0.5, 0.6) is 0 Å². The van der Waals surface area contributed by atoms with Crippen LogP contribution in [0.3, 0.4) is 0 Å². The van der Waals surface area contributed by atoms with Crippen molar-refractivity contribution < 1.29 is 9.90 Å². The third kappa shape index (κ3) is 2.91. The van der Waals surface area contributed by atoms with E-state index >= 15 is 0 Å². The number of carboxylic acid groups (broad SMARTS) is 1. The van der Waals surface area contributed by atoms with Crippen LogP contribution in [-0.4, -0.2) is 28.3 Å². The standard InChI is InChI=1S/C8H13N3O4/c9-4-2-1-3-5(8(14)15)10-11-6(12)7(11)13/h5,10H,1-4,9H2,(H,14,15)/t5-/m0/s1. The number of carboxylic acids is 1. The van der Waals surface area contributed by atoms with E-state index in [1.807, 2.05) is 0 Å². The SMILES string of the molecule is NCCCC[C@H](Nn1c(=O)c1=O)C(=O)O. The van der Waals surface area contributed by atoms with Crippen molar-refractivity contribution >= 4 is 5.97 Å². The van der Waals surface area contributed by atoms with Crippen molar-refractivity contribution in [3.63, 3.8) is 0 Å². The number of rotatable bonds is 7. The van der Waals surface area contributed by atoms with E-state index in [1.165, 1.54) is 0 Å². The van der Waals surface area contributed by atoms with Crippen LogP contribution in [-0.2, 0) is 4.79 Å². The Bertz CT molecular complexity index is 379. The summed E-state index contributed by atoms with van der Waals surface area (Å²) in [5.74, 6) is -1.08. The molecule has 1 rings (SSSR count). The minimum atomic E-state index is -1.08. The van der Waals surface area contributed by atoms with Crippen LogP contribution in [0.2, 0.25) is 0 Å². The summed E-state index contributed by atoms with van der Waals surface area (Å²) in [7, 11) is 0. The third-order valence-corrected chi connectivity index (χ3v) is 2.07. The highest BCUT2D eigenvalue weighted by atomic mass is 16.4. The van der Waals surface area contributed by atoms with Crippen LogP contribution < -0.4 is 22.3 Å². The topological polar surface area (TPSA) is 114 Å². The van der Waals surface area contributed by atoms with Gasteiger partial charge in [-0.2, -0.15) is 4.68 Å². The Morgan fingerprint density at radius 2 is 2.00 bits per heavy atom. The highest BCUT2D eigenvalue weighted by Crippen LogP contribution is 2.01. The molecule has 0 aliphatic rings. The molecule has 0 unspecified atom stereocenters. The Kier molecular flexibility index (Phi) is 3.62.